The fourth-order valence-electron chi connectivity index (χ4n) is 1.65. The number of hydrogen-bond donors (Lipinski definition) is 1. The predicted octanol–water partition coefficient (Wildman–Crippen LogP) is 0.795. The van der Waals surface area contributed by atoms with Gasteiger partial charge in [-0.3, -0.25) is 0 Å². The first-order chi connectivity index (χ1) is 7.88. The first kappa shape index (κ1) is 11.6. The summed E-state index contributed by atoms with van der Waals surface area (Å²) in [4.78, 5) is 8.29. The zero-order valence-corrected chi connectivity index (χ0v) is 9.71. The molecular formula is C10H11ClN6. The first-order valence-electron chi connectivity index (χ1n) is 4.90. The van der Waals surface area contributed by atoms with E-state index in [0.717, 1.165) is 17.2 Å². The molecule has 7 heteroatoms. The molecule has 0 bridgehead atoms. The molecule has 3 heterocycles. The van der Waals surface area contributed by atoms with Crippen LogP contribution in [0.1, 0.15) is 5.82 Å². The third-order valence-electron chi connectivity index (χ3n) is 2.43. The third kappa shape index (κ3) is 1.88. The van der Waals surface area contributed by atoms with Crippen LogP contribution >= 0.6 is 12.4 Å². The summed E-state index contributed by atoms with van der Waals surface area (Å²) in [6.45, 7) is 0.361. The van der Waals surface area contributed by atoms with Gasteiger partial charge in [0.05, 0.1) is 12.2 Å². The van der Waals surface area contributed by atoms with Crippen molar-refractivity contribution in [1.82, 2.24) is 24.1 Å². The zero-order chi connectivity index (χ0) is 11.0. The number of halogens is 1. The van der Waals surface area contributed by atoms with Gasteiger partial charge in [-0.25, -0.2) is 14.6 Å². The van der Waals surface area contributed by atoms with E-state index in [1.165, 1.54) is 6.33 Å². The number of rotatable bonds is 2. The highest BCUT2D eigenvalue weighted by Gasteiger charge is 2.05. The van der Waals surface area contributed by atoms with E-state index in [0.29, 0.717) is 6.54 Å². The van der Waals surface area contributed by atoms with Crippen LogP contribution in [0.15, 0.2) is 37.1 Å². The fraction of sp³-hybridized carbons (Fsp3) is 0.100. The van der Waals surface area contributed by atoms with Crippen molar-refractivity contribution in [3.05, 3.63) is 42.9 Å². The molecule has 3 aromatic heterocycles. The summed E-state index contributed by atoms with van der Waals surface area (Å²) >= 11 is 0. The van der Waals surface area contributed by atoms with E-state index < -0.39 is 0 Å². The molecule has 88 valence electrons. The minimum absolute atomic E-state index is 0. The lowest BCUT2D eigenvalue weighted by molar-refractivity contribution is 0.788. The molecule has 0 aliphatic rings. The van der Waals surface area contributed by atoms with Crippen LogP contribution in [0, 0.1) is 0 Å². The van der Waals surface area contributed by atoms with Gasteiger partial charge in [0.1, 0.15) is 17.8 Å². The van der Waals surface area contributed by atoms with E-state index in [2.05, 4.69) is 15.1 Å². The maximum atomic E-state index is 5.58. The average Bonchev–Trinajstić information content (AvgIpc) is 2.96. The normalized spacial score (nSPS) is 10.4. The lowest BCUT2D eigenvalue weighted by atomic mass is 10.4. The van der Waals surface area contributed by atoms with Gasteiger partial charge in [-0.2, -0.15) is 5.10 Å². The van der Waals surface area contributed by atoms with Gasteiger partial charge in [0.2, 0.25) is 0 Å². The van der Waals surface area contributed by atoms with Crippen molar-refractivity contribution < 1.29 is 0 Å². The standard InChI is InChI=1S/C10H10N6.ClH/c11-6-10-13-7-14-16(10)8-1-3-15-4-2-12-9(15)5-8;/h1-5,7H,6,11H2;1H. The van der Waals surface area contributed by atoms with Crippen LogP contribution in [0.25, 0.3) is 11.3 Å². The quantitative estimate of drug-likeness (QED) is 0.730. The average molecular weight is 251 g/mol. The van der Waals surface area contributed by atoms with Crippen molar-refractivity contribution in [2.75, 3.05) is 0 Å². The Morgan fingerprint density at radius 1 is 1.24 bits per heavy atom. The fourth-order valence-corrected chi connectivity index (χ4v) is 1.65. The number of aromatic nitrogens is 5. The summed E-state index contributed by atoms with van der Waals surface area (Å²) in [6, 6.07) is 3.89. The molecule has 0 aliphatic heterocycles. The van der Waals surface area contributed by atoms with Gasteiger partial charge < -0.3 is 10.1 Å². The Balaban J connectivity index is 0.00000108. The maximum Gasteiger partial charge on any atom is 0.145 e. The van der Waals surface area contributed by atoms with Crippen LogP contribution in [0.5, 0.6) is 0 Å². The summed E-state index contributed by atoms with van der Waals surface area (Å²) in [6.07, 6.45) is 7.08. The Kier molecular flexibility index (Phi) is 3.08. The molecule has 3 rings (SSSR count). The molecule has 0 aliphatic carbocycles. The van der Waals surface area contributed by atoms with E-state index in [4.69, 9.17) is 5.73 Å². The Bertz CT molecular complexity index is 628. The van der Waals surface area contributed by atoms with Crippen LogP contribution in [0.3, 0.4) is 0 Å². The molecule has 3 aromatic rings. The van der Waals surface area contributed by atoms with Gasteiger partial charge >= 0.3 is 0 Å². The molecular weight excluding hydrogens is 240 g/mol. The minimum atomic E-state index is 0. The van der Waals surface area contributed by atoms with Gasteiger partial charge in [0, 0.05) is 24.7 Å². The van der Waals surface area contributed by atoms with E-state index >= 15 is 0 Å². The molecule has 0 spiro atoms. The van der Waals surface area contributed by atoms with Gasteiger partial charge in [-0.05, 0) is 6.07 Å². The summed E-state index contributed by atoms with van der Waals surface area (Å²) in [5.41, 5.74) is 7.37. The molecule has 2 N–H and O–H groups in total. The van der Waals surface area contributed by atoms with E-state index in [-0.39, 0.29) is 12.4 Å². The van der Waals surface area contributed by atoms with Crippen LogP contribution in [0.4, 0.5) is 0 Å². The Morgan fingerprint density at radius 3 is 2.94 bits per heavy atom. The highest BCUT2D eigenvalue weighted by Crippen LogP contribution is 2.10. The Morgan fingerprint density at radius 2 is 2.12 bits per heavy atom. The molecule has 0 saturated carbocycles. The van der Waals surface area contributed by atoms with Crippen molar-refractivity contribution >= 4 is 18.1 Å². The molecule has 0 radical (unpaired) electrons. The number of hydrogen-bond acceptors (Lipinski definition) is 4. The molecule has 0 aromatic carbocycles. The van der Waals surface area contributed by atoms with E-state index in [1.807, 2.05) is 28.9 Å². The number of fused-ring (bicyclic) bond motifs is 1. The lowest BCUT2D eigenvalue weighted by Gasteiger charge is -2.04. The number of imidazole rings is 1. The molecule has 0 unspecified atom stereocenters. The highest BCUT2D eigenvalue weighted by molar-refractivity contribution is 5.85. The van der Waals surface area contributed by atoms with Gasteiger partial charge in [-0.1, -0.05) is 0 Å². The first-order valence-corrected chi connectivity index (χ1v) is 4.90. The molecule has 0 amide bonds. The summed E-state index contributed by atoms with van der Waals surface area (Å²) in [7, 11) is 0. The number of nitrogens with two attached hydrogens (primary N) is 1. The van der Waals surface area contributed by atoms with Gasteiger partial charge in [-0.15, -0.1) is 12.4 Å². The third-order valence-corrected chi connectivity index (χ3v) is 2.43. The second kappa shape index (κ2) is 4.52. The van der Waals surface area contributed by atoms with E-state index in [1.54, 1.807) is 10.9 Å². The summed E-state index contributed by atoms with van der Waals surface area (Å²) in [5, 5.41) is 4.14. The largest absolute Gasteiger partial charge is 0.324 e. The van der Waals surface area contributed by atoms with E-state index in [9.17, 15) is 0 Å². The van der Waals surface area contributed by atoms with Gasteiger partial charge in [0.25, 0.3) is 0 Å². The number of nitrogens with zero attached hydrogens (tertiary/aromatic N) is 5. The van der Waals surface area contributed by atoms with Crippen LogP contribution in [-0.4, -0.2) is 24.1 Å². The molecule has 0 fully saturated rings. The summed E-state index contributed by atoms with van der Waals surface area (Å²) < 4.78 is 3.65. The highest BCUT2D eigenvalue weighted by atomic mass is 35.5. The Hall–Kier alpha value is -1.92. The SMILES string of the molecule is Cl.NCc1ncnn1-c1ccn2ccnc2c1. The summed E-state index contributed by atoms with van der Waals surface area (Å²) in [5.74, 6) is 0.732. The molecule has 6 nitrogen and oxygen atoms in total. The monoisotopic (exact) mass is 250 g/mol. The lowest BCUT2D eigenvalue weighted by Crippen LogP contribution is -2.08. The minimum Gasteiger partial charge on any atom is -0.324 e. The van der Waals surface area contributed by atoms with Crippen LogP contribution in [0.2, 0.25) is 0 Å². The van der Waals surface area contributed by atoms with Crippen molar-refractivity contribution in [1.29, 1.82) is 0 Å². The Labute approximate surface area is 104 Å². The predicted molar refractivity (Wildman–Crippen MR) is 65.2 cm³/mol. The molecule has 0 saturated heterocycles. The molecule has 0 atom stereocenters. The van der Waals surface area contributed by atoms with Gasteiger partial charge in [0.15, 0.2) is 0 Å². The van der Waals surface area contributed by atoms with Crippen molar-refractivity contribution in [2.24, 2.45) is 5.73 Å². The maximum absolute atomic E-state index is 5.58. The zero-order valence-electron chi connectivity index (χ0n) is 8.89. The smallest absolute Gasteiger partial charge is 0.145 e. The van der Waals surface area contributed by atoms with Crippen molar-refractivity contribution in [3.8, 4) is 5.69 Å². The second-order valence-electron chi connectivity index (χ2n) is 3.37. The van der Waals surface area contributed by atoms with Crippen molar-refractivity contribution in [3.63, 3.8) is 0 Å². The van der Waals surface area contributed by atoms with Crippen LogP contribution in [-0.2, 0) is 6.54 Å². The molecule has 17 heavy (non-hydrogen) atoms. The van der Waals surface area contributed by atoms with Crippen molar-refractivity contribution in [2.45, 2.75) is 6.54 Å². The number of pyridine rings is 1. The topological polar surface area (TPSA) is 74.0 Å². The second-order valence-corrected chi connectivity index (χ2v) is 3.37. The van der Waals surface area contributed by atoms with Crippen LogP contribution < -0.4 is 5.73 Å².